The zero-order valence-corrected chi connectivity index (χ0v) is 50.9. The number of benzene rings is 13. The van der Waals surface area contributed by atoms with Gasteiger partial charge in [-0.05, 0) is 200 Å². The molecule has 0 fully saturated rings. The summed E-state index contributed by atoms with van der Waals surface area (Å²) in [6, 6.07) is 101. The monoisotopic (exact) mass is 1160 g/mol. The van der Waals surface area contributed by atoms with Crippen LogP contribution in [0.15, 0.2) is 267 Å². The van der Waals surface area contributed by atoms with Crippen LogP contribution in [-0.2, 0) is 0 Å². The van der Waals surface area contributed by atoms with E-state index in [9.17, 15) is 0 Å². The van der Waals surface area contributed by atoms with Crippen LogP contribution in [0.3, 0.4) is 0 Å². The highest BCUT2D eigenvalue weighted by Gasteiger charge is 2.40. The van der Waals surface area contributed by atoms with Crippen LogP contribution in [0.5, 0.6) is 11.5 Å². The van der Waals surface area contributed by atoms with Gasteiger partial charge in [0.05, 0.1) is 44.1 Å². The molecule has 4 aromatic heterocycles. The van der Waals surface area contributed by atoms with Gasteiger partial charge in [0.25, 0.3) is 6.71 Å². The lowest BCUT2D eigenvalue weighted by atomic mass is 9.33. The third-order valence-corrected chi connectivity index (χ3v) is 21.1. The van der Waals surface area contributed by atoms with E-state index in [-0.39, 0.29) is 18.5 Å². The first kappa shape index (κ1) is 50.9. The Labute approximate surface area is 526 Å². The van der Waals surface area contributed by atoms with Gasteiger partial charge in [-0.1, -0.05) is 167 Å². The number of hydrogen-bond acceptors (Lipinski definition) is 1. The zero-order valence-electron chi connectivity index (χ0n) is 50.9. The molecule has 6 heteroatoms. The number of hydrogen-bond donors (Lipinski definition) is 0. The molecule has 0 spiro atoms. The van der Waals surface area contributed by atoms with Crippen LogP contribution in [0, 0.1) is 0 Å². The molecular weight excluding hydrogens is 1100 g/mol. The predicted molar refractivity (Wildman–Crippen MR) is 381 cm³/mol. The number of fused-ring (bicyclic) bond motifs is 18. The molecule has 2 unspecified atom stereocenters. The summed E-state index contributed by atoms with van der Waals surface area (Å²) in [6.45, 7) is 9.49. The van der Waals surface area contributed by atoms with E-state index in [1.807, 2.05) is 0 Å². The van der Waals surface area contributed by atoms with Crippen LogP contribution in [0.25, 0.3) is 132 Å². The Bertz CT molecular complexity index is 5660. The summed E-state index contributed by atoms with van der Waals surface area (Å²) in [6.07, 6.45) is 0. The molecule has 91 heavy (non-hydrogen) atoms. The number of rotatable bonds is 5. The molecule has 7 heterocycles. The molecule has 13 aromatic carbocycles. The Morgan fingerprint density at radius 2 is 0.670 bits per heavy atom. The second kappa shape index (κ2) is 18.7. The number of aromatic nitrogens is 4. The SMILES string of the molecule is CC(C)c1cc2c3c(c1)C(C)c1ccc4c5cc(-c6ccc7c(c6)c6ccccc6n7-c6ccccc6)ccc5n(c4c1)-c1ccc4c(c1)B3c1cc(ccc1O4)-n1c3ccc(-c4ccc5c(c4)c4ccccc4n5-c4ccccc4)cc3c3ccc(cc31)C2C. The Morgan fingerprint density at radius 1 is 0.308 bits per heavy atom. The van der Waals surface area contributed by atoms with Gasteiger partial charge in [0.2, 0.25) is 0 Å². The maximum atomic E-state index is 7.24. The predicted octanol–water partition coefficient (Wildman–Crippen LogP) is 20.1. The van der Waals surface area contributed by atoms with Gasteiger partial charge in [0.15, 0.2) is 0 Å². The average Bonchev–Trinajstić information content (AvgIpc) is 2.02. The molecule has 3 aliphatic heterocycles. The van der Waals surface area contributed by atoms with Crippen molar-refractivity contribution < 1.29 is 4.74 Å². The quantitative estimate of drug-likeness (QED) is 0.158. The van der Waals surface area contributed by atoms with Crippen molar-refractivity contribution in [1.82, 2.24) is 18.3 Å². The molecule has 428 valence electrons. The van der Waals surface area contributed by atoms with E-state index in [0.717, 1.165) is 34.2 Å². The Hall–Kier alpha value is -11.1. The highest BCUT2D eigenvalue weighted by atomic mass is 16.5. The van der Waals surface area contributed by atoms with E-state index in [1.54, 1.807) is 0 Å². The van der Waals surface area contributed by atoms with Gasteiger partial charge >= 0.3 is 0 Å². The normalized spacial score (nSPS) is 14.8. The maximum absolute atomic E-state index is 7.24. The molecule has 8 bridgehead atoms. The van der Waals surface area contributed by atoms with Crippen LogP contribution in [0.4, 0.5) is 0 Å². The van der Waals surface area contributed by atoms with Crippen LogP contribution >= 0.6 is 0 Å². The molecule has 0 aliphatic carbocycles. The Kier molecular flexibility index (Phi) is 10.5. The fourth-order valence-electron chi connectivity index (χ4n) is 16.6. The average molecular weight is 1160 g/mol. The molecule has 0 N–H and O–H groups in total. The van der Waals surface area contributed by atoms with E-state index in [1.165, 1.54) is 154 Å². The third-order valence-electron chi connectivity index (χ3n) is 21.1. The molecule has 0 saturated carbocycles. The van der Waals surface area contributed by atoms with Gasteiger partial charge in [0.1, 0.15) is 11.5 Å². The van der Waals surface area contributed by atoms with Crippen molar-refractivity contribution in [2.24, 2.45) is 0 Å². The summed E-state index contributed by atoms with van der Waals surface area (Å²) < 4.78 is 17.1. The topological polar surface area (TPSA) is 28.9 Å². The maximum Gasteiger partial charge on any atom is 0.251 e. The van der Waals surface area contributed by atoms with Crippen molar-refractivity contribution >= 4 is 110 Å². The van der Waals surface area contributed by atoms with E-state index in [0.29, 0.717) is 5.92 Å². The standard InChI is InChI=1S/C85H59BN4O/c1-49(2)58-43-67-50(3)52-23-31-65-71-41-56(54-25-33-77-69(39-54)63-19-11-13-21-75(63)87(77)59-15-7-5-8-16-59)27-35-79(71)89(81(65)45-52)61-29-37-83-73(47-61)86-74-48-62(30-38-84(74)91-83)90-80-36-28-57(42-72(80)66-32-24-53(46-82(66)90)51(4)68(44-58)85(67)86)55-26-34-78-70(40-55)64-20-12-14-22-76(64)88(78)60-17-9-6-10-18-60/h5-51H,1-4H3. The number of ether oxygens (including phenoxy) is 1. The van der Waals surface area contributed by atoms with Gasteiger partial charge in [-0.3, -0.25) is 0 Å². The van der Waals surface area contributed by atoms with Crippen LogP contribution in [0.2, 0.25) is 0 Å². The Balaban J connectivity index is 0.776. The second-order valence-electron chi connectivity index (χ2n) is 26.2. The molecule has 2 atom stereocenters. The number of para-hydroxylation sites is 4. The van der Waals surface area contributed by atoms with Crippen molar-refractivity contribution in [1.29, 1.82) is 0 Å². The highest BCUT2D eigenvalue weighted by molar-refractivity contribution is 6.97. The summed E-state index contributed by atoms with van der Waals surface area (Å²) in [5, 5.41) is 9.96. The molecule has 20 rings (SSSR count). The van der Waals surface area contributed by atoms with Crippen LogP contribution < -0.4 is 21.1 Å². The van der Waals surface area contributed by atoms with Crippen LogP contribution in [0.1, 0.15) is 73.3 Å². The molecule has 17 aromatic rings. The molecule has 0 saturated heterocycles. The van der Waals surface area contributed by atoms with Crippen molar-refractivity contribution in [3.8, 4) is 56.5 Å². The minimum atomic E-state index is -0.138. The summed E-state index contributed by atoms with van der Waals surface area (Å²) >= 11 is 0. The third kappa shape index (κ3) is 7.19. The molecule has 3 aliphatic rings. The molecular formula is C85H59BN4O. The van der Waals surface area contributed by atoms with Crippen molar-refractivity contribution in [3.05, 3.63) is 295 Å². The summed E-state index contributed by atoms with van der Waals surface area (Å²) in [4.78, 5) is 0. The smallest absolute Gasteiger partial charge is 0.251 e. The van der Waals surface area contributed by atoms with Gasteiger partial charge in [-0.2, -0.15) is 0 Å². The lowest BCUT2D eigenvalue weighted by Gasteiger charge is -2.33. The highest BCUT2D eigenvalue weighted by Crippen LogP contribution is 2.45. The molecule has 0 amide bonds. The largest absolute Gasteiger partial charge is 0.458 e. The van der Waals surface area contributed by atoms with Gasteiger partial charge in [-0.15, -0.1) is 0 Å². The Morgan fingerprint density at radius 3 is 1.08 bits per heavy atom. The lowest BCUT2D eigenvalue weighted by Crippen LogP contribution is -2.57. The fraction of sp³-hybridized carbons (Fsp3) is 0.0824. The van der Waals surface area contributed by atoms with Crippen molar-refractivity contribution in [3.63, 3.8) is 0 Å². The van der Waals surface area contributed by atoms with E-state index in [2.05, 4.69) is 313 Å². The first-order valence-corrected chi connectivity index (χ1v) is 32.2. The first-order chi connectivity index (χ1) is 44.8. The summed E-state index contributed by atoms with van der Waals surface area (Å²) in [5.41, 5.74) is 29.5. The van der Waals surface area contributed by atoms with E-state index in [4.69, 9.17) is 4.74 Å². The van der Waals surface area contributed by atoms with E-state index >= 15 is 0 Å². The molecule has 5 nitrogen and oxygen atoms in total. The first-order valence-electron chi connectivity index (χ1n) is 32.2. The number of nitrogens with zero attached hydrogens (tertiary/aromatic N) is 4. The zero-order chi connectivity index (χ0) is 60.1. The minimum absolute atomic E-state index is 0.0630. The lowest BCUT2D eigenvalue weighted by molar-refractivity contribution is 0.487. The molecule has 0 radical (unpaired) electrons. The second-order valence-corrected chi connectivity index (χ2v) is 26.2. The summed E-state index contributed by atoms with van der Waals surface area (Å²) in [7, 11) is 0. The van der Waals surface area contributed by atoms with Gasteiger partial charge in [-0.25, -0.2) is 0 Å². The van der Waals surface area contributed by atoms with E-state index < -0.39 is 0 Å². The van der Waals surface area contributed by atoms with Gasteiger partial charge < -0.3 is 23.0 Å². The van der Waals surface area contributed by atoms with Gasteiger partial charge in [0, 0.05) is 77.7 Å². The minimum Gasteiger partial charge on any atom is -0.458 e. The van der Waals surface area contributed by atoms with Crippen molar-refractivity contribution in [2.45, 2.75) is 45.4 Å². The summed E-state index contributed by atoms with van der Waals surface area (Å²) in [5.74, 6) is 2.25. The van der Waals surface area contributed by atoms with Crippen molar-refractivity contribution in [2.75, 3.05) is 0 Å². The van der Waals surface area contributed by atoms with Crippen LogP contribution in [-0.4, -0.2) is 25.0 Å². The fourth-order valence-corrected chi connectivity index (χ4v) is 16.6.